The molecule has 1 unspecified atom stereocenters. The molecule has 1 amide bonds. The molecule has 1 fully saturated rings. The van der Waals surface area contributed by atoms with Crippen molar-refractivity contribution in [2.75, 3.05) is 5.75 Å². The van der Waals surface area contributed by atoms with Crippen LogP contribution in [0.3, 0.4) is 0 Å². The van der Waals surface area contributed by atoms with Crippen LogP contribution in [0.5, 0.6) is 0 Å². The number of hydrogen-bond acceptors (Lipinski definition) is 6. The lowest BCUT2D eigenvalue weighted by Crippen LogP contribution is -2.27. The van der Waals surface area contributed by atoms with E-state index in [1.807, 2.05) is 0 Å². The fraction of sp³-hybridized carbons (Fsp3) is 0.625. The first-order chi connectivity index (χ1) is 7.28. The lowest BCUT2D eigenvalue weighted by atomic mass is 10.2. The Balaban J connectivity index is 1.80. The second-order valence-electron chi connectivity index (χ2n) is 3.28. The lowest BCUT2D eigenvalue weighted by molar-refractivity contribution is -0.119. The minimum absolute atomic E-state index is 0.119. The van der Waals surface area contributed by atoms with Gasteiger partial charge in [-0.15, -0.1) is 10.2 Å². The predicted octanol–water partition coefficient (Wildman–Crippen LogP) is -0.101. The Labute approximate surface area is 91.0 Å². The molecule has 1 aromatic rings. The number of nitrogens with one attached hydrogen (secondary N) is 1. The van der Waals surface area contributed by atoms with Crippen molar-refractivity contribution < 1.29 is 9.21 Å². The highest BCUT2D eigenvalue weighted by molar-refractivity contribution is 7.99. The van der Waals surface area contributed by atoms with Crippen molar-refractivity contribution in [1.82, 2.24) is 15.5 Å². The van der Waals surface area contributed by atoms with Crippen molar-refractivity contribution in [1.29, 1.82) is 0 Å². The van der Waals surface area contributed by atoms with E-state index in [1.54, 1.807) is 0 Å². The Hall–Kier alpha value is -1.08. The van der Waals surface area contributed by atoms with E-state index in [1.165, 1.54) is 11.8 Å². The van der Waals surface area contributed by atoms with Crippen LogP contribution in [0.1, 0.15) is 18.7 Å². The number of amides is 1. The fourth-order valence-electron chi connectivity index (χ4n) is 1.35. The van der Waals surface area contributed by atoms with Gasteiger partial charge < -0.3 is 15.5 Å². The van der Waals surface area contributed by atoms with Crippen LogP contribution in [0.2, 0.25) is 0 Å². The average molecular weight is 228 g/mol. The van der Waals surface area contributed by atoms with E-state index in [2.05, 4.69) is 15.5 Å². The number of nitrogens with two attached hydrogens (primary N) is 1. The third-order valence-corrected chi connectivity index (χ3v) is 3.10. The second kappa shape index (κ2) is 4.63. The Bertz CT molecular complexity index is 354. The SMILES string of the molecule is NCc1nnc(SCC2CCC(=O)N2)o1. The Morgan fingerprint density at radius 2 is 2.47 bits per heavy atom. The highest BCUT2D eigenvalue weighted by atomic mass is 32.2. The summed E-state index contributed by atoms with van der Waals surface area (Å²) in [7, 11) is 0. The van der Waals surface area contributed by atoms with Gasteiger partial charge in [-0.3, -0.25) is 4.79 Å². The summed E-state index contributed by atoms with van der Waals surface area (Å²) in [6, 6.07) is 0.218. The van der Waals surface area contributed by atoms with Crippen molar-refractivity contribution >= 4 is 17.7 Å². The Morgan fingerprint density at radius 1 is 1.60 bits per heavy atom. The summed E-state index contributed by atoms with van der Waals surface area (Å²) in [6.07, 6.45) is 1.49. The van der Waals surface area contributed by atoms with Gasteiger partial charge in [-0.1, -0.05) is 11.8 Å². The zero-order valence-electron chi connectivity index (χ0n) is 8.10. The zero-order chi connectivity index (χ0) is 10.7. The third kappa shape index (κ3) is 2.69. The van der Waals surface area contributed by atoms with Gasteiger partial charge >= 0.3 is 0 Å². The molecule has 0 aromatic carbocycles. The third-order valence-electron chi connectivity index (χ3n) is 2.12. The first-order valence-corrected chi connectivity index (χ1v) is 5.71. The number of thioether (sulfide) groups is 1. The maximum atomic E-state index is 10.9. The summed E-state index contributed by atoms with van der Waals surface area (Å²) < 4.78 is 5.22. The minimum Gasteiger partial charge on any atom is -0.415 e. The molecule has 0 spiro atoms. The van der Waals surface area contributed by atoms with Gasteiger partial charge in [0.05, 0.1) is 6.54 Å². The van der Waals surface area contributed by atoms with E-state index in [9.17, 15) is 4.79 Å². The predicted molar refractivity (Wildman–Crippen MR) is 54.1 cm³/mol. The van der Waals surface area contributed by atoms with Gasteiger partial charge in [-0.25, -0.2) is 0 Å². The summed E-state index contributed by atoms with van der Waals surface area (Å²) in [5.74, 6) is 1.32. The van der Waals surface area contributed by atoms with E-state index in [-0.39, 0.29) is 18.5 Å². The molecule has 7 heteroatoms. The standard InChI is InChI=1S/C8H12N4O2S/c9-3-7-11-12-8(14-7)15-4-5-1-2-6(13)10-5/h5H,1-4,9H2,(H,10,13). The van der Waals surface area contributed by atoms with Gasteiger partial charge in [0.25, 0.3) is 5.22 Å². The van der Waals surface area contributed by atoms with Gasteiger partial charge in [-0.05, 0) is 6.42 Å². The molecule has 2 heterocycles. The van der Waals surface area contributed by atoms with E-state index in [0.29, 0.717) is 17.5 Å². The monoisotopic (exact) mass is 228 g/mol. The van der Waals surface area contributed by atoms with Gasteiger partial charge in [0.2, 0.25) is 11.8 Å². The zero-order valence-corrected chi connectivity index (χ0v) is 8.92. The number of carbonyl (C=O) groups excluding carboxylic acids is 1. The van der Waals surface area contributed by atoms with Crippen LogP contribution in [0.25, 0.3) is 0 Å². The number of nitrogens with zero attached hydrogens (tertiary/aromatic N) is 2. The van der Waals surface area contributed by atoms with Crippen LogP contribution < -0.4 is 11.1 Å². The van der Waals surface area contributed by atoms with E-state index >= 15 is 0 Å². The van der Waals surface area contributed by atoms with Crippen LogP contribution in [0, 0.1) is 0 Å². The summed E-state index contributed by atoms with van der Waals surface area (Å²) >= 11 is 1.45. The summed E-state index contributed by atoms with van der Waals surface area (Å²) in [6.45, 7) is 0.258. The topological polar surface area (TPSA) is 94.0 Å². The van der Waals surface area contributed by atoms with Crippen molar-refractivity contribution in [2.45, 2.75) is 30.7 Å². The smallest absolute Gasteiger partial charge is 0.276 e. The molecule has 6 nitrogen and oxygen atoms in total. The molecule has 15 heavy (non-hydrogen) atoms. The van der Waals surface area contributed by atoms with Crippen molar-refractivity contribution in [3.05, 3.63) is 5.89 Å². The van der Waals surface area contributed by atoms with Gasteiger partial charge in [0, 0.05) is 18.2 Å². The summed E-state index contributed by atoms with van der Waals surface area (Å²) in [5.41, 5.74) is 5.34. The molecule has 1 aliphatic rings. The number of carbonyl (C=O) groups is 1. The van der Waals surface area contributed by atoms with Crippen LogP contribution in [0.4, 0.5) is 0 Å². The molecule has 3 N–H and O–H groups in total. The fourth-order valence-corrected chi connectivity index (χ4v) is 2.20. The molecule has 0 bridgehead atoms. The largest absolute Gasteiger partial charge is 0.415 e. The molecule has 2 rings (SSSR count). The van der Waals surface area contributed by atoms with Crippen LogP contribution >= 0.6 is 11.8 Å². The van der Waals surface area contributed by atoms with Crippen molar-refractivity contribution in [2.24, 2.45) is 5.73 Å². The first kappa shape index (κ1) is 10.4. The highest BCUT2D eigenvalue weighted by Crippen LogP contribution is 2.20. The van der Waals surface area contributed by atoms with Crippen LogP contribution in [0.15, 0.2) is 9.64 Å². The lowest BCUT2D eigenvalue weighted by Gasteiger charge is -2.05. The van der Waals surface area contributed by atoms with Crippen LogP contribution in [-0.2, 0) is 11.3 Å². The Kier molecular flexibility index (Phi) is 3.22. The minimum atomic E-state index is 0.119. The van der Waals surface area contributed by atoms with Gasteiger partial charge in [-0.2, -0.15) is 0 Å². The van der Waals surface area contributed by atoms with Crippen LogP contribution in [-0.4, -0.2) is 27.9 Å². The van der Waals surface area contributed by atoms with Gasteiger partial charge in [0.1, 0.15) is 0 Å². The Morgan fingerprint density at radius 3 is 3.07 bits per heavy atom. The normalized spacial score (nSPS) is 20.6. The van der Waals surface area contributed by atoms with E-state index in [0.717, 1.165) is 12.2 Å². The molecule has 1 aliphatic heterocycles. The second-order valence-corrected chi connectivity index (χ2v) is 4.25. The summed E-state index contributed by atoms with van der Waals surface area (Å²) in [5, 5.41) is 10.9. The van der Waals surface area contributed by atoms with E-state index in [4.69, 9.17) is 10.2 Å². The molecule has 0 aliphatic carbocycles. The molecule has 1 aromatic heterocycles. The maximum absolute atomic E-state index is 10.9. The molecule has 0 radical (unpaired) electrons. The van der Waals surface area contributed by atoms with Gasteiger partial charge in [0.15, 0.2) is 0 Å². The van der Waals surface area contributed by atoms with Crippen molar-refractivity contribution in [3.8, 4) is 0 Å². The summed E-state index contributed by atoms with van der Waals surface area (Å²) in [4.78, 5) is 10.9. The maximum Gasteiger partial charge on any atom is 0.276 e. The molecule has 82 valence electrons. The molecular weight excluding hydrogens is 216 g/mol. The quantitative estimate of drug-likeness (QED) is 0.699. The molecule has 1 atom stereocenters. The molecular formula is C8H12N4O2S. The van der Waals surface area contributed by atoms with E-state index < -0.39 is 0 Å². The van der Waals surface area contributed by atoms with Crippen molar-refractivity contribution in [3.63, 3.8) is 0 Å². The molecule has 0 saturated carbocycles. The highest BCUT2D eigenvalue weighted by Gasteiger charge is 2.21. The number of hydrogen-bond donors (Lipinski definition) is 2. The molecule has 1 saturated heterocycles. The number of rotatable bonds is 4. The number of aromatic nitrogens is 2. The first-order valence-electron chi connectivity index (χ1n) is 4.72. The average Bonchev–Trinajstić information content (AvgIpc) is 2.83.